The van der Waals surface area contributed by atoms with Crippen LogP contribution in [0.25, 0.3) is 6.08 Å². The van der Waals surface area contributed by atoms with Crippen molar-refractivity contribution in [3.8, 4) is 0 Å². The molecule has 1 amide bonds. The SMILES string of the molecule is O=C(CN(C1CC1)S(=O)(=O)/C=C/c1ccccc1)N(Cc1ccccc1)Cc1ccco1. The third kappa shape index (κ3) is 5.96. The van der Waals surface area contributed by atoms with Crippen molar-refractivity contribution in [2.75, 3.05) is 6.54 Å². The molecule has 0 spiro atoms. The molecule has 7 heteroatoms. The second-order valence-electron chi connectivity index (χ2n) is 7.85. The van der Waals surface area contributed by atoms with Crippen molar-refractivity contribution < 1.29 is 17.6 Å². The predicted molar refractivity (Wildman–Crippen MR) is 124 cm³/mol. The van der Waals surface area contributed by atoms with Gasteiger partial charge in [-0.05, 0) is 42.2 Å². The normalized spacial score (nSPS) is 14.2. The summed E-state index contributed by atoms with van der Waals surface area (Å²) in [6, 6.07) is 22.3. The van der Waals surface area contributed by atoms with Gasteiger partial charge < -0.3 is 9.32 Å². The minimum Gasteiger partial charge on any atom is -0.467 e. The van der Waals surface area contributed by atoms with E-state index in [2.05, 4.69) is 0 Å². The van der Waals surface area contributed by atoms with Gasteiger partial charge in [0.25, 0.3) is 0 Å². The summed E-state index contributed by atoms with van der Waals surface area (Å²) in [6.45, 7) is 0.456. The van der Waals surface area contributed by atoms with E-state index in [0.717, 1.165) is 24.0 Å². The van der Waals surface area contributed by atoms with E-state index in [-0.39, 0.29) is 25.0 Å². The van der Waals surface area contributed by atoms with Gasteiger partial charge in [-0.15, -0.1) is 0 Å². The second-order valence-corrected chi connectivity index (χ2v) is 9.62. The van der Waals surface area contributed by atoms with Crippen molar-refractivity contribution >= 4 is 22.0 Å². The van der Waals surface area contributed by atoms with Crippen LogP contribution in [-0.4, -0.2) is 36.1 Å². The average molecular weight is 451 g/mol. The first kappa shape index (κ1) is 22.0. The zero-order valence-electron chi connectivity index (χ0n) is 17.7. The van der Waals surface area contributed by atoms with Gasteiger partial charge in [0.1, 0.15) is 5.76 Å². The summed E-state index contributed by atoms with van der Waals surface area (Å²) in [5.74, 6) is 0.396. The molecule has 1 fully saturated rings. The predicted octanol–water partition coefficient (Wildman–Crippen LogP) is 4.27. The van der Waals surface area contributed by atoms with Gasteiger partial charge in [0.2, 0.25) is 15.9 Å². The largest absolute Gasteiger partial charge is 0.467 e. The lowest BCUT2D eigenvalue weighted by Crippen LogP contribution is -2.42. The summed E-state index contributed by atoms with van der Waals surface area (Å²) in [5.41, 5.74) is 1.76. The van der Waals surface area contributed by atoms with Crippen LogP contribution in [0.15, 0.2) is 88.9 Å². The molecule has 1 aliphatic rings. The quantitative estimate of drug-likeness (QED) is 0.462. The van der Waals surface area contributed by atoms with E-state index >= 15 is 0 Å². The zero-order chi connectivity index (χ0) is 22.4. The molecule has 0 N–H and O–H groups in total. The molecule has 0 aliphatic heterocycles. The minimum absolute atomic E-state index is 0.133. The first-order chi connectivity index (χ1) is 15.5. The van der Waals surface area contributed by atoms with Gasteiger partial charge in [-0.1, -0.05) is 60.7 Å². The third-order valence-corrected chi connectivity index (χ3v) is 6.86. The lowest BCUT2D eigenvalue weighted by atomic mass is 10.2. The fourth-order valence-corrected chi connectivity index (χ4v) is 4.86. The topological polar surface area (TPSA) is 70.8 Å². The Bertz CT molecular complexity index is 1140. The summed E-state index contributed by atoms with van der Waals surface area (Å²) in [4.78, 5) is 14.9. The molecule has 0 bridgehead atoms. The highest BCUT2D eigenvalue weighted by molar-refractivity contribution is 7.92. The molecule has 1 heterocycles. The molecular formula is C25H26N2O4S. The molecule has 0 saturated heterocycles. The maximum atomic E-state index is 13.3. The molecule has 4 rings (SSSR count). The molecule has 32 heavy (non-hydrogen) atoms. The molecule has 2 aromatic carbocycles. The van der Waals surface area contributed by atoms with E-state index in [1.54, 1.807) is 23.3 Å². The van der Waals surface area contributed by atoms with Gasteiger partial charge >= 0.3 is 0 Å². The number of nitrogens with zero attached hydrogens (tertiary/aromatic N) is 2. The summed E-state index contributed by atoms with van der Waals surface area (Å²) in [5, 5.41) is 1.20. The molecule has 3 aromatic rings. The van der Waals surface area contributed by atoms with Crippen LogP contribution in [0.3, 0.4) is 0 Å². The standard InChI is InChI=1S/C25H26N2O4S/c28-25(26(19-24-12-7-16-31-24)18-22-10-5-2-6-11-22)20-27(23-13-14-23)32(29,30)17-15-21-8-3-1-4-9-21/h1-12,15-17,23H,13-14,18-20H2/b17-15+. The number of benzene rings is 2. The van der Waals surface area contributed by atoms with E-state index < -0.39 is 10.0 Å². The van der Waals surface area contributed by atoms with E-state index in [1.165, 1.54) is 9.71 Å². The van der Waals surface area contributed by atoms with Gasteiger partial charge in [0.05, 0.1) is 19.4 Å². The lowest BCUT2D eigenvalue weighted by Gasteiger charge is -2.26. The highest BCUT2D eigenvalue weighted by Gasteiger charge is 2.38. The fraction of sp³-hybridized carbons (Fsp3) is 0.240. The van der Waals surface area contributed by atoms with Gasteiger partial charge in [-0.3, -0.25) is 4.79 Å². The molecular weight excluding hydrogens is 424 g/mol. The van der Waals surface area contributed by atoms with Gasteiger partial charge in [-0.25, -0.2) is 8.42 Å². The summed E-state index contributed by atoms with van der Waals surface area (Å²) in [6.07, 6.45) is 4.67. The van der Waals surface area contributed by atoms with Crippen LogP contribution in [-0.2, 0) is 27.9 Å². The summed E-state index contributed by atoms with van der Waals surface area (Å²) in [7, 11) is -3.74. The van der Waals surface area contributed by atoms with Crippen LogP contribution in [0.5, 0.6) is 0 Å². The number of carbonyl (C=O) groups excluding carboxylic acids is 1. The number of sulfonamides is 1. The maximum absolute atomic E-state index is 13.3. The van der Waals surface area contributed by atoms with Crippen LogP contribution in [0, 0.1) is 0 Å². The Hall–Kier alpha value is -3.16. The first-order valence-corrected chi connectivity index (χ1v) is 12.1. The molecule has 0 atom stereocenters. The number of rotatable bonds is 10. The molecule has 6 nitrogen and oxygen atoms in total. The van der Waals surface area contributed by atoms with Crippen LogP contribution in [0.4, 0.5) is 0 Å². The third-order valence-electron chi connectivity index (χ3n) is 5.30. The molecule has 166 valence electrons. The Balaban J connectivity index is 1.52. The molecule has 1 aromatic heterocycles. The number of furan rings is 1. The van der Waals surface area contributed by atoms with Crippen molar-refractivity contribution in [1.82, 2.24) is 9.21 Å². The van der Waals surface area contributed by atoms with Crippen LogP contribution in [0.2, 0.25) is 0 Å². The number of hydrogen-bond donors (Lipinski definition) is 0. The highest BCUT2D eigenvalue weighted by Crippen LogP contribution is 2.30. The lowest BCUT2D eigenvalue weighted by molar-refractivity contribution is -0.133. The monoisotopic (exact) mass is 450 g/mol. The van der Waals surface area contributed by atoms with Crippen LogP contribution < -0.4 is 0 Å². The smallest absolute Gasteiger partial charge is 0.238 e. The van der Waals surface area contributed by atoms with E-state index in [4.69, 9.17) is 4.42 Å². The van der Waals surface area contributed by atoms with Gasteiger partial charge in [0.15, 0.2) is 0 Å². The maximum Gasteiger partial charge on any atom is 0.238 e. The summed E-state index contributed by atoms with van der Waals surface area (Å²) >= 11 is 0. The number of hydrogen-bond acceptors (Lipinski definition) is 4. The van der Waals surface area contributed by atoms with Crippen molar-refractivity contribution in [3.63, 3.8) is 0 Å². The van der Waals surface area contributed by atoms with Crippen LogP contribution >= 0.6 is 0 Å². The highest BCUT2D eigenvalue weighted by atomic mass is 32.2. The van der Waals surface area contributed by atoms with Gasteiger partial charge in [0, 0.05) is 18.0 Å². The Kier molecular flexibility index (Phi) is 6.87. The second kappa shape index (κ2) is 9.97. The molecule has 0 unspecified atom stereocenters. The molecule has 1 aliphatic carbocycles. The average Bonchev–Trinajstić information content (AvgIpc) is 3.51. The van der Waals surface area contributed by atoms with Crippen LogP contribution in [0.1, 0.15) is 29.7 Å². The van der Waals surface area contributed by atoms with Crippen molar-refractivity contribution in [1.29, 1.82) is 0 Å². The molecule has 1 saturated carbocycles. The van der Waals surface area contributed by atoms with Gasteiger partial charge in [-0.2, -0.15) is 4.31 Å². The Morgan fingerprint density at radius 3 is 2.25 bits per heavy atom. The Labute approximate surface area is 188 Å². The van der Waals surface area contributed by atoms with Crippen molar-refractivity contribution in [3.05, 3.63) is 101 Å². The fourth-order valence-electron chi connectivity index (χ4n) is 3.46. The Morgan fingerprint density at radius 2 is 1.62 bits per heavy atom. The molecule has 0 radical (unpaired) electrons. The van der Waals surface area contributed by atoms with Crippen molar-refractivity contribution in [2.45, 2.75) is 32.0 Å². The Morgan fingerprint density at radius 1 is 0.938 bits per heavy atom. The summed E-state index contributed by atoms with van der Waals surface area (Å²) < 4.78 is 32.9. The van der Waals surface area contributed by atoms with Crippen molar-refractivity contribution in [2.24, 2.45) is 0 Å². The minimum atomic E-state index is -3.74. The zero-order valence-corrected chi connectivity index (χ0v) is 18.5. The number of carbonyl (C=O) groups is 1. The van der Waals surface area contributed by atoms with E-state index in [1.807, 2.05) is 66.7 Å². The first-order valence-electron chi connectivity index (χ1n) is 10.6. The number of amides is 1. The van der Waals surface area contributed by atoms with E-state index in [9.17, 15) is 13.2 Å². The van der Waals surface area contributed by atoms with E-state index in [0.29, 0.717) is 12.3 Å².